The molecule has 3 N–H and O–H groups in total. The third-order valence-corrected chi connectivity index (χ3v) is 4.51. The van der Waals surface area contributed by atoms with Crippen molar-refractivity contribution in [1.29, 1.82) is 0 Å². The lowest BCUT2D eigenvalue weighted by atomic mass is 10.3. The summed E-state index contributed by atoms with van der Waals surface area (Å²) in [6.45, 7) is 0. The Kier molecular flexibility index (Phi) is 4.24. The Labute approximate surface area is 126 Å². The summed E-state index contributed by atoms with van der Waals surface area (Å²) in [4.78, 5) is -0.300. The van der Waals surface area contributed by atoms with Gasteiger partial charge in [-0.05, 0) is 24.3 Å². The van der Waals surface area contributed by atoms with Crippen LogP contribution in [0.4, 0.5) is 15.8 Å². The number of hydrogen-bond donors (Lipinski definition) is 2. The molecule has 21 heavy (non-hydrogen) atoms. The summed E-state index contributed by atoms with van der Waals surface area (Å²) in [6.07, 6.45) is 0. The quantitative estimate of drug-likeness (QED) is 0.845. The summed E-state index contributed by atoms with van der Waals surface area (Å²) < 4.78 is 45.1. The first-order chi connectivity index (χ1) is 9.83. The van der Waals surface area contributed by atoms with Gasteiger partial charge in [0, 0.05) is 6.07 Å². The lowest BCUT2D eigenvalue weighted by Gasteiger charge is -2.11. The highest BCUT2D eigenvalue weighted by molar-refractivity contribution is 7.92. The number of anilines is 2. The Morgan fingerprint density at radius 1 is 1.29 bits per heavy atom. The Morgan fingerprint density at radius 2 is 2.00 bits per heavy atom. The number of halogens is 2. The van der Waals surface area contributed by atoms with Crippen molar-refractivity contribution in [2.75, 3.05) is 17.6 Å². The van der Waals surface area contributed by atoms with Crippen molar-refractivity contribution in [2.24, 2.45) is 0 Å². The first kappa shape index (κ1) is 15.4. The molecular weight excluding hydrogens is 319 g/mol. The van der Waals surface area contributed by atoms with Crippen LogP contribution in [0, 0.1) is 5.82 Å². The van der Waals surface area contributed by atoms with E-state index < -0.39 is 15.8 Å². The van der Waals surface area contributed by atoms with Gasteiger partial charge in [-0.25, -0.2) is 12.8 Å². The van der Waals surface area contributed by atoms with Crippen LogP contribution in [0.2, 0.25) is 5.02 Å². The molecule has 0 heterocycles. The number of sulfonamides is 1. The van der Waals surface area contributed by atoms with E-state index in [2.05, 4.69) is 4.72 Å². The lowest BCUT2D eigenvalue weighted by Crippen LogP contribution is -2.14. The summed E-state index contributed by atoms with van der Waals surface area (Å²) in [6, 6.07) is 8.16. The van der Waals surface area contributed by atoms with Gasteiger partial charge in [-0.1, -0.05) is 17.7 Å². The van der Waals surface area contributed by atoms with Gasteiger partial charge >= 0.3 is 0 Å². The molecule has 0 fully saturated rings. The SMILES string of the molecule is COc1cccc(NS(=O)(=O)c2cc(N)c(F)cc2Cl)c1. The van der Waals surface area contributed by atoms with Crippen molar-refractivity contribution in [1.82, 2.24) is 0 Å². The minimum absolute atomic E-state index is 0.253. The maximum absolute atomic E-state index is 13.2. The molecule has 8 heteroatoms. The number of nitrogens with two attached hydrogens (primary N) is 1. The van der Waals surface area contributed by atoms with Crippen molar-refractivity contribution in [3.8, 4) is 5.75 Å². The zero-order valence-corrected chi connectivity index (χ0v) is 12.5. The highest BCUT2D eigenvalue weighted by Gasteiger charge is 2.20. The molecule has 0 spiro atoms. The van der Waals surface area contributed by atoms with Crippen LogP contribution in [0.3, 0.4) is 0 Å². The van der Waals surface area contributed by atoms with E-state index in [-0.39, 0.29) is 21.3 Å². The summed E-state index contributed by atoms with van der Waals surface area (Å²) in [5, 5.41) is -0.253. The molecule has 0 aromatic heterocycles. The highest BCUT2D eigenvalue weighted by Crippen LogP contribution is 2.28. The van der Waals surface area contributed by atoms with Crippen LogP contribution in [0.5, 0.6) is 5.75 Å². The first-order valence-corrected chi connectivity index (χ1v) is 7.61. The largest absolute Gasteiger partial charge is 0.497 e. The number of rotatable bonds is 4. The third-order valence-electron chi connectivity index (χ3n) is 2.66. The fraction of sp³-hybridized carbons (Fsp3) is 0.0769. The monoisotopic (exact) mass is 330 g/mol. The number of nitrogen functional groups attached to an aromatic ring is 1. The van der Waals surface area contributed by atoms with Crippen LogP contribution in [-0.4, -0.2) is 15.5 Å². The Bertz CT molecular complexity index is 781. The number of hydrogen-bond acceptors (Lipinski definition) is 4. The van der Waals surface area contributed by atoms with E-state index in [0.717, 1.165) is 12.1 Å². The van der Waals surface area contributed by atoms with Gasteiger partial charge in [-0.3, -0.25) is 4.72 Å². The predicted molar refractivity (Wildman–Crippen MR) is 79.6 cm³/mol. The molecule has 0 aliphatic rings. The minimum Gasteiger partial charge on any atom is -0.497 e. The number of nitrogens with one attached hydrogen (secondary N) is 1. The predicted octanol–water partition coefficient (Wildman–Crippen LogP) is 2.87. The van der Waals surface area contributed by atoms with Crippen LogP contribution in [0.1, 0.15) is 0 Å². The zero-order valence-electron chi connectivity index (χ0n) is 10.9. The van der Waals surface area contributed by atoms with E-state index >= 15 is 0 Å². The molecule has 0 radical (unpaired) electrons. The van der Waals surface area contributed by atoms with Crippen molar-refractivity contribution in [3.05, 3.63) is 47.2 Å². The van der Waals surface area contributed by atoms with Gasteiger partial charge in [-0.15, -0.1) is 0 Å². The van der Waals surface area contributed by atoms with Crippen molar-refractivity contribution < 1.29 is 17.5 Å². The number of methoxy groups -OCH3 is 1. The molecule has 112 valence electrons. The van der Waals surface area contributed by atoms with E-state index in [1.165, 1.54) is 13.2 Å². The molecule has 2 rings (SSSR count). The first-order valence-electron chi connectivity index (χ1n) is 5.75. The van der Waals surface area contributed by atoms with Crippen molar-refractivity contribution in [2.45, 2.75) is 4.90 Å². The summed E-state index contributed by atoms with van der Waals surface area (Å²) in [5.74, 6) is -0.291. The van der Waals surface area contributed by atoms with Crippen LogP contribution in [0.25, 0.3) is 0 Å². The Hall–Kier alpha value is -1.99. The highest BCUT2D eigenvalue weighted by atomic mass is 35.5. The second-order valence-electron chi connectivity index (χ2n) is 4.14. The van der Waals surface area contributed by atoms with E-state index in [9.17, 15) is 12.8 Å². The molecular formula is C13H12ClFN2O3S. The van der Waals surface area contributed by atoms with Crippen molar-refractivity contribution in [3.63, 3.8) is 0 Å². The third kappa shape index (κ3) is 3.37. The van der Waals surface area contributed by atoms with E-state index in [1.54, 1.807) is 18.2 Å². The van der Waals surface area contributed by atoms with Gasteiger partial charge in [0.15, 0.2) is 0 Å². The molecule has 0 saturated heterocycles. The van der Waals surface area contributed by atoms with Gasteiger partial charge < -0.3 is 10.5 Å². The maximum Gasteiger partial charge on any atom is 0.263 e. The number of ether oxygens (including phenoxy) is 1. The summed E-state index contributed by atoms with van der Waals surface area (Å²) in [5.41, 5.74) is 5.36. The molecule has 0 aliphatic carbocycles. The molecule has 0 amide bonds. The fourth-order valence-corrected chi connectivity index (χ4v) is 3.25. The zero-order chi connectivity index (χ0) is 15.6. The molecule has 0 aliphatic heterocycles. The van der Waals surface area contributed by atoms with Crippen LogP contribution < -0.4 is 15.2 Å². The van der Waals surface area contributed by atoms with E-state index in [1.807, 2.05) is 0 Å². The van der Waals surface area contributed by atoms with Gasteiger partial charge in [0.25, 0.3) is 10.0 Å². The minimum atomic E-state index is -3.99. The van der Waals surface area contributed by atoms with Gasteiger partial charge in [-0.2, -0.15) is 0 Å². The van der Waals surface area contributed by atoms with Crippen LogP contribution in [-0.2, 0) is 10.0 Å². The lowest BCUT2D eigenvalue weighted by molar-refractivity contribution is 0.415. The second kappa shape index (κ2) is 5.79. The summed E-state index contributed by atoms with van der Waals surface area (Å²) >= 11 is 5.77. The Morgan fingerprint density at radius 3 is 2.67 bits per heavy atom. The van der Waals surface area contributed by atoms with Gasteiger partial charge in [0.05, 0.1) is 23.5 Å². The number of benzene rings is 2. The molecule has 0 atom stereocenters. The van der Waals surface area contributed by atoms with Crippen LogP contribution >= 0.6 is 11.6 Å². The molecule has 0 saturated carbocycles. The summed E-state index contributed by atoms with van der Waals surface area (Å²) in [7, 11) is -2.53. The smallest absolute Gasteiger partial charge is 0.263 e. The standard InChI is InChI=1S/C13H12ClFN2O3S/c1-20-9-4-2-3-8(5-9)17-21(18,19)13-7-12(16)11(15)6-10(13)14/h2-7,17H,16H2,1H3. The van der Waals surface area contributed by atoms with Gasteiger partial charge in [0.1, 0.15) is 16.5 Å². The second-order valence-corrected chi connectivity index (χ2v) is 6.20. The average Bonchev–Trinajstić information content (AvgIpc) is 2.42. The van der Waals surface area contributed by atoms with Crippen molar-refractivity contribution >= 4 is 33.0 Å². The molecule has 0 bridgehead atoms. The normalized spacial score (nSPS) is 11.2. The molecule has 2 aromatic rings. The van der Waals surface area contributed by atoms with Crippen LogP contribution in [0.15, 0.2) is 41.3 Å². The maximum atomic E-state index is 13.2. The Balaban J connectivity index is 2.40. The topological polar surface area (TPSA) is 81.4 Å². The average molecular weight is 331 g/mol. The molecule has 2 aromatic carbocycles. The van der Waals surface area contributed by atoms with E-state index in [0.29, 0.717) is 5.75 Å². The van der Waals surface area contributed by atoms with Gasteiger partial charge in [0.2, 0.25) is 0 Å². The fourth-order valence-electron chi connectivity index (χ4n) is 1.65. The van der Waals surface area contributed by atoms with E-state index in [4.69, 9.17) is 22.1 Å². The molecule has 0 unspecified atom stereocenters. The molecule has 5 nitrogen and oxygen atoms in total.